The van der Waals surface area contributed by atoms with Crippen LogP contribution in [0.1, 0.15) is 11.1 Å². The van der Waals surface area contributed by atoms with Crippen LogP contribution in [0.4, 0.5) is 5.69 Å². The maximum absolute atomic E-state index is 12.1. The lowest BCUT2D eigenvalue weighted by Gasteiger charge is -2.09. The van der Waals surface area contributed by atoms with E-state index in [2.05, 4.69) is 20.7 Å². The number of nitro benzene ring substituents is 1. The molecular formula is C20H19N5O5. The predicted molar refractivity (Wildman–Crippen MR) is 110 cm³/mol. The zero-order valence-electron chi connectivity index (χ0n) is 16.3. The van der Waals surface area contributed by atoms with Crippen molar-refractivity contribution in [3.63, 3.8) is 0 Å². The maximum atomic E-state index is 12.1. The van der Waals surface area contributed by atoms with E-state index >= 15 is 0 Å². The highest BCUT2D eigenvalue weighted by atomic mass is 16.6. The minimum absolute atomic E-state index is 0.0279. The zero-order chi connectivity index (χ0) is 21.5. The molecule has 0 atom stereocenters. The molecule has 154 valence electrons. The van der Waals surface area contributed by atoms with Crippen LogP contribution in [-0.4, -0.2) is 41.5 Å². The van der Waals surface area contributed by atoms with Gasteiger partial charge in [-0.25, -0.2) is 5.43 Å². The van der Waals surface area contributed by atoms with Gasteiger partial charge in [-0.15, -0.1) is 0 Å². The fourth-order valence-electron chi connectivity index (χ4n) is 2.75. The van der Waals surface area contributed by atoms with E-state index in [1.807, 2.05) is 6.07 Å². The molecule has 0 aliphatic carbocycles. The molecule has 0 aliphatic rings. The summed E-state index contributed by atoms with van der Waals surface area (Å²) in [6.07, 6.45) is 3.10. The first-order chi connectivity index (χ1) is 14.5. The van der Waals surface area contributed by atoms with Gasteiger partial charge < -0.3 is 9.47 Å². The van der Waals surface area contributed by atoms with Gasteiger partial charge in [0.2, 0.25) is 5.91 Å². The number of benzene rings is 2. The van der Waals surface area contributed by atoms with Crippen LogP contribution < -0.4 is 14.9 Å². The minimum Gasteiger partial charge on any atom is -0.493 e. The number of nitro groups is 1. The summed E-state index contributed by atoms with van der Waals surface area (Å²) in [6, 6.07) is 11.2. The molecule has 0 aliphatic heterocycles. The summed E-state index contributed by atoms with van der Waals surface area (Å²) in [5.41, 5.74) is 5.22. The fourth-order valence-corrected chi connectivity index (χ4v) is 2.75. The number of methoxy groups -OCH3 is 2. The number of carbonyl (C=O) groups excluding carboxylic acids is 1. The lowest BCUT2D eigenvalue weighted by Crippen LogP contribution is -2.19. The number of aromatic amines is 1. The first-order valence-electron chi connectivity index (χ1n) is 8.83. The molecule has 3 aromatic rings. The number of carbonyl (C=O) groups is 1. The summed E-state index contributed by atoms with van der Waals surface area (Å²) in [5, 5.41) is 21.6. The van der Waals surface area contributed by atoms with Crippen LogP contribution in [0, 0.1) is 10.1 Å². The Morgan fingerprint density at radius 2 is 1.93 bits per heavy atom. The molecule has 1 aromatic heterocycles. The third-order valence-electron chi connectivity index (χ3n) is 4.25. The molecule has 10 nitrogen and oxygen atoms in total. The predicted octanol–water partition coefficient (Wildman–Crippen LogP) is 2.69. The third-order valence-corrected chi connectivity index (χ3v) is 4.25. The lowest BCUT2D eigenvalue weighted by atomic mass is 10.1. The molecule has 1 heterocycles. The van der Waals surface area contributed by atoms with Crippen LogP contribution >= 0.6 is 0 Å². The Labute approximate surface area is 171 Å². The van der Waals surface area contributed by atoms with Crippen LogP contribution in [0.2, 0.25) is 0 Å². The highest BCUT2D eigenvalue weighted by Crippen LogP contribution is 2.32. The molecular weight excluding hydrogens is 390 g/mol. The summed E-state index contributed by atoms with van der Waals surface area (Å²) in [7, 11) is 3.11. The molecule has 0 fully saturated rings. The van der Waals surface area contributed by atoms with Crippen LogP contribution in [0.25, 0.3) is 11.3 Å². The topological polar surface area (TPSA) is 132 Å². The molecule has 0 saturated carbocycles. The molecule has 3 rings (SSSR count). The summed E-state index contributed by atoms with van der Waals surface area (Å²) in [4.78, 5) is 22.2. The van der Waals surface area contributed by atoms with Crippen LogP contribution in [0.15, 0.2) is 53.8 Å². The monoisotopic (exact) mass is 409 g/mol. The number of nitrogens with one attached hydrogen (secondary N) is 2. The Bertz CT molecular complexity index is 1080. The Kier molecular flexibility index (Phi) is 6.38. The van der Waals surface area contributed by atoms with Gasteiger partial charge in [-0.2, -0.15) is 10.2 Å². The van der Waals surface area contributed by atoms with Gasteiger partial charge in [0.25, 0.3) is 5.69 Å². The van der Waals surface area contributed by atoms with Crippen molar-refractivity contribution in [1.29, 1.82) is 0 Å². The van der Waals surface area contributed by atoms with Crippen molar-refractivity contribution in [2.24, 2.45) is 5.10 Å². The number of nitrogens with zero attached hydrogens (tertiary/aromatic N) is 3. The molecule has 0 unspecified atom stereocenters. The Hall–Kier alpha value is -4.21. The van der Waals surface area contributed by atoms with Crippen molar-refractivity contribution < 1.29 is 19.2 Å². The summed E-state index contributed by atoms with van der Waals surface area (Å²) < 4.78 is 10.6. The number of H-pyrrole nitrogens is 1. The van der Waals surface area contributed by atoms with E-state index in [9.17, 15) is 14.9 Å². The Morgan fingerprint density at radius 1 is 1.20 bits per heavy atom. The van der Waals surface area contributed by atoms with Gasteiger partial charge in [-0.1, -0.05) is 12.1 Å². The average molecular weight is 409 g/mol. The van der Waals surface area contributed by atoms with Crippen molar-refractivity contribution >= 4 is 17.8 Å². The van der Waals surface area contributed by atoms with Crippen LogP contribution in [0.3, 0.4) is 0 Å². The highest BCUT2D eigenvalue weighted by Gasteiger charge is 2.11. The largest absolute Gasteiger partial charge is 0.493 e. The molecule has 30 heavy (non-hydrogen) atoms. The van der Waals surface area contributed by atoms with E-state index in [0.29, 0.717) is 28.3 Å². The van der Waals surface area contributed by atoms with Crippen molar-refractivity contribution in [2.45, 2.75) is 6.42 Å². The van der Waals surface area contributed by atoms with Gasteiger partial charge in [-0.05, 0) is 23.8 Å². The number of non-ortho nitro benzene ring substituents is 1. The number of ether oxygens (including phenoxy) is 2. The second kappa shape index (κ2) is 9.32. The number of hydrogen-bond donors (Lipinski definition) is 2. The lowest BCUT2D eigenvalue weighted by molar-refractivity contribution is -0.384. The minimum atomic E-state index is -0.491. The van der Waals surface area contributed by atoms with E-state index in [1.165, 1.54) is 30.5 Å². The van der Waals surface area contributed by atoms with Crippen molar-refractivity contribution in [3.8, 4) is 22.8 Å². The molecule has 1 amide bonds. The average Bonchev–Trinajstić information content (AvgIpc) is 3.22. The van der Waals surface area contributed by atoms with E-state index in [0.717, 1.165) is 5.56 Å². The molecule has 0 bridgehead atoms. The van der Waals surface area contributed by atoms with Gasteiger partial charge in [0, 0.05) is 23.3 Å². The van der Waals surface area contributed by atoms with Gasteiger partial charge >= 0.3 is 0 Å². The standard InChI is InChI=1S/C20H19N5O5/c1-29-17-8-5-14(10-18(17)30-2)20-15(12-22-24-20)11-21-23-19(26)9-13-3-6-16(7-4-13)25(27)28/h3-8,10-12H,9H2,1-2H3,(H,22,24)(H,23,26)/b21-11+. The molecule has 0 spiro atoms. The zero-order valence-corrected chi connectivity index (χ0v) is 16.3. The molecule has 2 N–H and O–H groups in total. The molecule has 0 radical (unpaired) electrons. The van der Waals surface area contributed by atoms with Gasteiger partial charge in [-0.3, -0.25) is 20.0 Å². The Balaban J connectivity index is 1.66. The van der Waals surface area contributed by atoms with Crippen molar-refractivity contribution in [3.05, 3.63) is 69.9 Å². The summed E-state index contributed by atoms with van der Waals surface area (Å²) in [5.74, 6) is 0.828. The molecule has 0 saturated heterocycles. The van der Waals surface area contributed by atoms with Crippen molar-refractivity contribution in [2.75, 3.05) is 14.2 Å². The second-order valence-corrected chi connectivity index (χ2v) is 6.16. The molecule has 10 heteroatoms. The van der Waals surface area contributed by atoms with Crippen LogP contribution in [0.5, 0.6) is 11.5 Å². The maximum Gasteiger partial charge on any atom is 0.269 e. The smallest absolute Gasteiger partial charge is 0.269 e. The number of amides is 1. The summed E-state index contributed by atoms with van der Waals surface area (Å²) in [6.45, 7) is 0. The first-order valence-corrected chi connectivity index (χ1v) is 8.83. The fraction of sp³-hybridized carbons (Fsp3) is 0.150. The number of rotatable bonds is 8. The van der Waals surface area contributed by atoms with E-state index in [4.69, 9.17) is 9.47 Å². The number of aromatic nitrogens is 2. The van der Waals surface area contributed by atoms with Crippen molar-refractivity contribution in [1.82, 2.24) is 15.6 Å². The van der Waals surface area contributed by atoms with Gasteiger partial charge in [0.1, 0.15) is 0 Å². The summed E-state index contributed by atoms with van der Waals surface area (Å²) >= 11 is 0. The third kappa shape index (κ3) is 4.79. The Morgan fingerprint density at radius 3 is 2.60 bits per heavy atom. The first kappa shape index (κ1) is 20.5. The van der Waals surface area contributed by atoms with E-state index in [-0.39, 0.29) is 18.0 Å². The SMILES string of the molecule is COc1ccc(-c2[nH]ncc2/C=N/NC(=O)Cc2ccc([N+](=O)[O-])cc2)cc1OC. The quantitative estimate of drug-likeness (QED) is 0.334. The van der Waals surface area contributed by atoms with E-state index < -0.39 is 4.92 Å². The highest BCUT2D eigenvalue weighted by molar-refractivity contribution is 5.89. The van der Waals surface area contributed by atoms with Gasteiger partial charge in [0.15, 0.2) is 11.5 Å². The molecule has 2 aromatic carbocycles. The van der Waals surface area contributed by atoms with Crippen LogP contribution in [-0.2, 0) is 11.2 Å². The number of hydrogen-bond acceptors (Lipinski definition) is 7. The normalized spacial score (nSPS) is 10.7. The van der Waals surface area contributed by atoms with E-state index in [1.54, 1.807) is 32.5 Å². The number of hydrazone groups is 1. The second-order valence-electron chi connectivity index (χ2n) is 6.16. The van der Waals surface area contributed by atoms with Gasteiger partial charge in [0.05, 0.1) is 43.7 Å².